The zero-order chi connectivity index (χ0) is 12.4. The second kappa shape index (κ2) is 5.05. The molecular weight excluding hydrogens is 215 g/mol. The number of piperidine rings is 1. The molecule has 17 heavy (non-hydrogen) atoms. The monoisotopic (exact) mass is 236 g/mol. The number of likely N-dealkylation sites (tertiary alicyclic amines) is 1. The lowest BCUT2D eigenvalue weighted by molar-refractivity contribution is 0.194. The third-order valence-electron chi connectivity index (χ3n) is 3.79. The van der Waals surface area contributed by atoms with Gasteiger partial charge < -0.3 is 9.80 Å². The predicted molar refractivity (Wildman–Crippen MR) is 69.9 cm³/mol. The molecule has 2 nitrogen and oxygen atoms in total. The Bertz CT molecular complexity index is 363. The van der Waals surface area contributed by atoms with Gasteiger partial charge in [-0.3, -0.25) is 0 Å². The first kappa shape index (κ1) is 12.4. The molecule has 3 heteroatoms. The van der Waals surface area contributed by atoms with Crippen molar-refractivity contribution in [2.24, 2.45) is 5.92 Å². The van der Waals surface area contributed by atoms with Crippen molar-refractivity contribution in [3.8, 4) is 0 Å². The lowest BCUT2D eigenvalue weighted by Crippen LogP contribution is -2.47. The molecule has 1 fully saturated rings. The molecular formula is C14H21FN2. The van der Waals surface area contributed by atoms with Gasteiger partial charge in [0.2, 0.25) is 0 Å². The van der Waals surface area contributed by atoms with Gasteiger partial charge in [0.15, 0.2) is 0 Å². The van der Waals surface area contributed by atoms with Gasteiger partial charge in [0.25, 0.3) is 0 Å². The van der Waals surface area contributed by atoms with Crippen molar-refractivity contribution < 1.29 is 4.39 Å². The average molecular weight is 236 g/mol. The summed E-state index contributed by atoms with van der Waals surface area (Å²) in [5.74, 6) is 0.474. The summed E-state index contributed by atoms with van der Waals surface area (Å²) >= 11 is 0. The van der Waals surface area contributed by atoms with Crippen LogP contribution in [0.1, 0.15) is 13.3 Å². The highest BCUT2D eigenvalue weighted by atomic mass is 19.1. The zero-order valence-electron chi connectivity index (χ0n) is 10.9. The molecule has 0 aliphatic carbocycles. The van der Waals surface area contributed by atoms with Gasteiger partial charge in [0, 0.05) is 25.3 Å². The van der Waals surface area contributed by atoms with E-state index in [0.29, 0.717) is 12.0 Å². The number of hydrogen-bond acceptors (Lipinski definition) is 2. The number of hydrogen-bond donors (Lipinski definition) is 0. The van der Waals surface area contributed by atoms with Crippen LogP contribution in [0.5, 0.6) is 0 Å². The van der Waals surface area contributed by atoms with Gasteiger partial charge in [-0.1, -0.05) is 6.92 Å². The van der Waals surface area contributed by atoms with Crippen molar-refractivity contribution >= 4 is 5.69 Å². The van der Waals surface area contributed by atoms with E-state index >= 15 is 0 Å². The first-order valence-corrected chi connectivity index (χ1v) is 6.25. The van der Waals surface area contributed by atoms with Crippen LogP contribution in [0.2, 0.25) is 0 Å². The van der Waals surface area contributed by atoms with Crippen molar-refractivity contribution in [3.63, 3.8) is 0 Å². The minimum Gasteiger partial charge on any atom is -0.371 e. The van der Waals surface area contributed by atoms with Crippen LogP contribution in [0.25, 0.3) is 0 Å². The number of halogens is 1. The molecule has 1 aliphatic heterocycles. The number of benzene rings is 1. The van der Waals surface area contributed by atoms with Gasteiger partial charge in [0.05, 0.1) is 0 Å². The summed E-state index contributed by atoms with van der Waals surface area (Å²) in [6.45, 7) is 4.57. The maximum absolute atomic E-state index is 12.9. The molecule has 1 aliphatic rings. The quantitative estimate of drug-likeness (QED) is 0.779. The fraction of sp³-hybridized carbons (Fsp3) is 0.571. The summed E-state index contributed by atoms with van der Waals surface area (Å²) in [4.78, 5) is 4.66. The summed E-state index contributed by atoms with van der Waals surface area (Å²) < 4.78 is 12.9. The highest BCUT2D eigenvalue weighted by Gasteiger charge is 2.27. The van der Waals surface area contributed by atoms with Crippen molar-refractivity contribution in [2.75, 3.05) is 32.1 Å². The van der Waals surface area contributed by atoms with E-state index in [-0.39, 0.29) is 5.82 Å². The third-order valence-corrected chi connectivity index (χ3v) is 3.79. The number of rotatable bonds is 2. The summed E-state index contributed by atoms with van der Waals surface area (Å²) in [7, 11) is 4.28. The summed E-state index contributed by atoms with van der Waals surface area (Å²) in [6.07, 6.45) is 1.17. The van der Waals surface area contributed by atoms with E-state index in [4.69, 9.17) is 0 Å². The summed E-state index contributed by atoms with van der Waals surface area (Å²) in [6, 6.07) is 7.34. The predicted octanol–water partition coefficient (Wildman–Crippen LogP) is 2.60. The van der Waals surface area contributed by atoms with Crippen molar-refractivity contribution in [1.82, 2.24) is 4.90 Å². The van der Waals surface area contributed by atoms with Crippen molar-refractivity contribution in [3.05, 3.63) is 30.1 Å². The van der Waals surface area contributed by atoms with Gasteiger partial charge >= 0.3 is 0 Å². The normalized spacial score (nSPS) is 25.9. The van der Waals surface area contributed by atoms with Gasteiger partial charge in [0.1, 0.15) is 5.82 Å². The molecule has 94 valence electrons. The molecule has 0 N–H and O–H groups in total. The highest BCUT2D eigenvalue weighted by molar-refractivity contribution is 5.46. The molecule has 0 saturated carbocycles. The molecule has 1 saturated heterocycles. The molecule has 2 atom stereocenters. The molecule has 2 rings (SSSR count). The molecule has 1 aromatic carbocycles. The topological polar surface area (TPSA) is 6.48 Å². The van der Waals surface area contributed by atoms with Gasteiger partial charge in [-0.15, -0.1) is 0 Å². The van der Waals surface area contributed by atoms with Crippen LogP contribution in [0.15, 0.2) is 24.3 Å². The standard InChI is InChI=1S/C14H21FN2/c1-11-10-16(2)9-8-14(11)17(3)13-6-4-12(15)5-7-13/h4-7,11,14H,8-10H2,1-3H3/t11-,14?/m1/s1. The first-order valence-electron chi connectivity index (χ1n) is 6.25. The zero-order valence-corrected chi connectivity index (χ0v) is 10.9. The van der Waals surface area contributed by atoms with Crippen LogP contribution in [-0.2, 0) is 0 Å². The Morgan fingerprint density at radius 3 is 2.53 bits per heavy atom. The van der Waals surface area contributed by atoms with E-state index in [1.165, 1.54) is 18.6 Å². The van der Waals surface area contributed by atoms with Gasteiger partial charge in [-0.25, -0.2) is 4.39 Å². The van der Waals surface area contributed by atoms with Crippen LogP contribution >= 0.6 is 0 Å². The molecule has 0 bridgehead atoms. The van der Waals surface area contributed by atoms with Crippen molar-refractivity contribution in [2.45, 2.75) is 19.4 Å². The molecule has 0 radical (unpaired) electrons. The van der Waals surface area contributed by atoms with Crippen LogP contribution in [0, 0.1) is 11.7 Å². The Morgan fingerprint density at radius 1 is 1.29 bits per heavy atom. The largest absolute Gasteiger partial charge is 0.371 e. The molecule has 1 unspecified atom stereocenters. The van der Waals surface area contributed by atoms with E-state index in [0.717, 1.165) is 18.8 Å². The lowest BCUT2D eigenvalue weighted by atomic mass is 9.92. The van der Waals surface area contributed by atoms with E-state index in [1.54, 1.807) is 0 Å². The lowest BCUT2D eigenvalue weighted by Gasteiger charge is -2.41. The maximum Gasteiger partial charge on any atom is 0.123 e. The Hall–Kier alpha value is -1.09. The molecule has 0 amide bonds. The first-order chi connectivity index (χ1) is 8.08. The summed E-state index contributed by atoms with van der Waals surface area (Å²) in [5, 5.41) is 0. The van der Waals surface area contributed by atoms with E-state index in [2.05, 4.69) is 30.8 Å². The second-order valence-corrected chi connectivity index (χ2v) is 5.18. The summed E-state index contributed by atoms with van der Waals surface area (Å²) in [5.41, 5.74) is 1.10. The van der Waals surface area contributed by atoms with E-state index in [1.807, 2.05) is 12.1 Å². The highest BCUT2D eigenvalue weighted by Crippen LogP contribution is 2.25. The Kier molecular flexibility index (Phi) is 3.67. The fourth-order valence-corrected chi connectivity index (χ4v) is 2.78. The van der Waals surface area contributed by atoms with Crippen LogP contribution in [0.4, 0.5) is 10.1 Å². The Balaban J connectivity index is 2.09. The van der Waals surface area contributed by atoms with E-state index < -0.39 is 0 Å². The average Bonchev–Trinajstić information content (AvgIpc) is 2.29. The van der Waals surface area contributed by atoms with E-state index in [9.17, 15) is 4.39 Å². The number of anilines is 1. The third kappa shape index (κ3) is 2.78. The van der Waals surface area contributed by atoms with Gasteiger partial charge in [-0.05, 0) is 50.2 Å². The maximum atomic E-state index is 12.9. The number of nitrogens with zero attached hydrogens (tertiary/aromatic N) is 2. The SMILES string of the molecule is C[C@@H]1CN(C)CCC1N(C)c1ccc(F)cc1. The molecule has 0 spiro atoms. The fourth-order valence-electron chi connectivity index (χ4n) is 2.78. The van der Waals surface area contributed by atoms with Crippen LogP contribution < -0.4 is 4.90 Å². The Morgan fingerprint density at radius 2 is 1.94 bits per heavy atom. The molecule has 0 aromatic heterocycles. The molecule has 1 heterocycles. The van der Waals surface area contributed by atoms with Crippen LogP contribution in [-0.4, -0.2) is 38.1 Å². The van der Waals surface area contributed by atoms with Crippen molar-refractivity contribution in [1.29, 1.82) is 0 Å². The smallest absolute Gasteiger partial charge is 0.123 e. The van der Waals surface area contributed by atoms with Crippen LogP contribution in [0.3, 0.4) is 0 Å². The minimum absolute atomic E-state index is 0.168. The Labute approximate surface area is 103 Å². The second-order valence-electron chi connectivity index (χ2n) is 5.18. The molecule has 1 aromatic rings. The minimum atomic E-state index is -0.168. The van der Waals surface area contributed by atoms with Gasteiger partial charge in [-0.2, -0.15) is 0 Å².